The van der Waals surface area contributed by atoms with Crippen LogP contribution in [0.2, 0.25) is 0 Å². The molecule has 0 saturated carbocycles. The molecule has 2 bridgehead atoms. The van der Waals surface area contributed by atoms with Crippen molar-refractivity contribution in [1.29, 1.82) is 0 Å². The molecule has 34 heavy (non-hydrogen) atoms. The summed E-state index contributed by atoms with van der Waals surface area (Å²) in [5.41, 5.74) is 1.48. The van der Waals surface area contributed by atoms with Crippen LogP contribution in [0, 0.1) is 5.41 Å². The van der Waals surface area contributed by atoms with Crippen molar-refractivity contribution in [3.8, 4) is 0 Å². The van der Waals surface area contributed by atoms with Gasteiger partial charge in [-0.2, -0.15) is 0 Å². The van der Waals surface area contributed by atoms with E-state index < -0.39 is 6.10 Å². The molecule has 3 aliphatic heterocycles. The van der Waals surface area contributed by atoms with Gasteiger partial charge in [-0.3, -0.25) is 0 Å². The van der Waals surface area contributed by atoms with Gasteiger partial charge in [0, 0.05) is 18.9 Å². The Hall–Kier alpha value is -1.95. The minimum atomic E-state index is -0.487. The normalized spacial score (nSPS) is 35.2. The molecule has 5 heteroatoms. The molecule has 0 unspecified atom stereocenters. The van der Waals surface area contributed by atoms with Gasteiger partial charge in [-0.25, -0.2) is 4.79 Å². The number of ether oxygens (including phenoxy) is 3. The smallest absolute Gasteiger partial charge is 0.330 e. The summed E-state index contributed by atoms with van der Waals surface area (Å²) in [5.74, 6) is -0.346. The topological polar surface area (TPSA) is 65.0 Å². The monoisotopic (exact) mass is 470 g/mol. The molecule has 0 amide bonds. The number of esters is 1. The van der Waals surface area contributed by atoms with E-state index in [1.165, 1.54) is 11.6 Å². The standard InChI is InChI=1S/C29H42O5/c1-22-17-19-32-26(20-22)13-5-11-24-10-4-8-23(30)9-7-18-29(2,3)21-27-16-15-25(33-27)12-6-14-28(31)34-24/h4-6,8,13-17,23-27,30H,7,9-12,18-21H2,1-3H3/b8-4+,13-5+,14-6+/t23-,24+,25-,26-,27+/m1/s1. The lowest BCUT2D eigenvalue weighted by Gasteiger charge is -2.28. The summed E-state index contributed by atoms with van der Waals surface area (Å²) < 4.78 is 17.6. The Morgan fingerprint density at radius 2 is 1.97 bits per heavy atom. The molecule has 3 rings (SSSR count). The van der Waals surface area contributed by atoms with Gasteiger partial charge in [0.15, 0.2) is 0 Å². The van der Waals surface area contributed by atoms with Crippen molar-refractivity contribution in [2.75, 3.05) is 6.61 Å². The van der Waals surface area contributed by atoms with Crippen LogP contribution >= 0.6 is 0 Å². The third kappa shape index (κ3) is 9.73. The second kappa shape index (κ2) is 13.2. The van der Waals surface area contributed by atoms with E-state index in [0.29, 0.717) is 25.9 Å². The number of aliphatic hydroxyl groups is 1. The minimum absolute atomic E-state index is 0.000203. The van der Waals surface area contributed by atoms with Crippen molar-refractivity contribution in [3.63, 3.8) is 0 Å². The highest BCUT2D eigenvalue weighted by Crippen LogP contribution is 2.33. The zero-order chi connectivity index (χ0) is 24.4. The highest BCUT2D eigenvalue weighted by atomic mass is 16.5. The Labute approximate surface area is 205 Å². The lowest BCUT2D eigenvalue weighted by atomic mass is 9.81. The van der Waals surface area contributed by atoms with Crippen LogP contribution in [0.1, 0.15) is 72.1 Å². The molecular weight excluding hydrogens is 428 g/mol. The van der Waals surface area contributed by atoms with Crippen molar-refractivity contribution in [3.05, 3.63) is 60.3 Å². The summed E-state index contributed by atoms with van der Waals surface area (Å²) in [6.07, 6.45) is 23.4. The van der Waals surface area contributed by atoms with Crippen LogP contribution in [0.3, 0.4) is 0 Å². The molecule has 3 aliphatic rings. The highest BCUT2D eigenvalue weighted by Gasteiger charge is 2.27. The second-order valence-electron chi connectivity index (χ2n) is 10.6. The summed E-state index contributed by atoms with van der Waals surface area (Å²) in [4.78, 5) is 12.5. The number of aliphatic hydroxyl groups excluding tert-OH is 1. The summed E-state index contributed by atoms with van der Waals surface area (Å²) in [7, 11) is 0. The van der Waals surface area contributed by atoms with Crippen molar-refractivity contribution >= 4 is 5.97 Å². The highest BCUT2D eigenvalue weighted by molar-refractivity contribution is 5.82. The van der Waals surface area contributed by atoms with Gasteiger partial charge < -0.3 is 19.3 Å². The molecule has 5 atom stereocenters. The van der Waals surface area contributed by atoms with Gasteiger partial charge in [-0.05, 0) is 44.4 Å². The maximum absolute atomic E-state index is 12.5. The van der Waals surface area contributed by atoms with E-state index in [9.17, 15) is 9.90 Å². The lowest BCUT2D eigenvalue weighted by molar-refractivity contribution is -0.142. The minimum Gasteiger partial charge on any atom is -0.459 e. The number of fused-ring (bicyclic) bond motifs is 2. The number of hydrogen-bond donors (Lipinski definition) is 1. The number of rotatable bonds is 3. The Bertz CT molecular complexity index is 803. The summed E-state index contributed by atoms with van der Waals surface area (Å²) >= 11 is 0. The molecular formula is C29H42O5. The fraction of sp³-hybridized carbons (Fsp3) is 0.621. The van der Waals surface area contributed by atoms with Gasteiger partial charge in [-0.1, -0.05) is 74.4 Å². The van der Waals surface area contributed by atoms with Crippen LogP contribution in [0.15, 0.2) is 60.3 Å². The first-order chi connectivity index (χ1) is 16.3. The van der Waals surface area contributed by atoms with Crippen LogP contribution in [0.4, 0.5) is 0 Å². The van der Waals surface area contributed by atoms with Crippen molar-refractivity contribution < 1.29 is 24.1 Å². The van der Waals surface area contributed by atoms with Gasteiger partial charge in [0.25, 0.3) is 0 Å². The quantitative estimate of drug-likeness (QED) is 0.420. The molecule has 0 aromatic heterocycles. The molecule has 0 spiro atoms. The maximum Gasteiger partial charge on any atom is 0.330 e. The van der Waals surface area contributed by atoms with Gasteiger partial charge in [0.05, 0.1) is 31.0 Å². The largest absolute Gasteiger partial charge is 0.459 e. The Balaban J connectivity index is 1.61. The van der Waals surface area contributed by atoms with E-state index >= 15 is 0 Å². The Morgan fingerprint density at radius 3 is 2.79 bits per heavy atom. The van der Waals surface area contributed by atoms with E-state index in [0.717, 1.165) is 32.1 Å². The maximum atomic E-state index is 12.5. The Morgan fingerprint density at radius 1 is 1.15 bits per heavy atom. The average molecular weight is 471 g/mol. The average Bonchev–Trinajstić information content (AvgIpc) is 3.19. The van der Waals surface area contributed by atoms with E-state index in [2.05, 4.69) is 45.1 Å². The molecule has 0 radical (unpaired) electrons. The number of carbonyl (C=O) groups excluding carboxylic acids is 1. The van der Waals surface area contributed by atoms with Crippen LogP contribution < -0.4 is 0 Å². The summed E-state index contributed by atoms with van der Waals surface area (Å²) in [6.45, 7) is 7.29. The van der Waals surface area contributed by atoms with Crippen LogP contribution in [0.25, 0.3) is 0 Å². The molecule has 188 valence electrons. The first-order valence-electron chi connectivity index (χ1n) is 12.8. The van der Waals surface area contributed by atoms with Gasteiger partial charge in [0.2, 0.25) is 0 Å². The lowest BCUT2D eigenvalue weighted by Crippen LogP contribution is -2.22. The molecule has 0 saturated heterocycles. The Kier molecular flexibility index (Phi) is 10.4. The molecule has 0 aromatic rings. The molecule has 5 nitrogen and oxygen atoms in total. The van der Waals surface area contributed by atoms with Crippen LogP contribution in [-0.2, 0) is 19.0 Å². The zero-order valence-corrected chi connectivity index (χ0v) is 21.0. The third-order valence-electron chi connectivity index (χ3n) is 6.67. The fourth-order valence-corrected chi connectivity index (χ4v) is 4.71. The molecule has 1 N–H and O–H groups in total. The SMILES string of the molecule is CC1=CCO[C@H](/C=C/C[C@@H]2C/C=C/[C@@H](O)CCCC(C)(C)C[C@@H]3C=C[C@@H](C/C=C/C(=O)O2)O3)C1. The van der Waals surface area contributed by atoms with Crippen molar-refractivity contribution in [2.24, 2.45) is 5.41 Å². The molecule has 3 heterocycles. The summed E-state index contributed by atoms with van der Waals surface area (Å²) in [5, 5.41) is 10.4. The first-order valence-corrected chi connectivity index (χ1v) is 12.8. The van der Waals surface area contributed by atoms with Crippen LogP contribution in [0.5, 0.6) is 0 Å². The second-order valence-corrected chi connectivity index (χ2v) is 10.6. The predicted molar refractivity (Wildman–Crippen MR) is 135 cm³/mol. The van der Waals surface area contributed by atoms with E-state index in [4.69, 9.17) is 14.2 Å². The zero-order valence-electron chi connectivity index (χ0n) is 21.0. The molecule has 0 fully saturated rings. The summed E-state index contributed by atoms with van der Waals surface area (Å²) in [6, 6.07) is 0. The number of carbonyl (C=O) groups is 1. The van der Waals surface area contributed by atoms with E-state index in [1.54, 1.807) is 0 Å². The van der Waals surface area contributed by atoms with Crippen LogP contribution in [-0.4, -0.2) is 48.2 Å². The number of hydrogen-bond acceptors (Lipinski definition) is 5. The van der Waals surface area contributed by atoms with Crippen molar-refractivity contribution in [2.45, 2.75) is 103 Å². The van der Waals surface area contributed by atoms with Gasteiger partial charge in [0.1, 0.15) is 6.10 Å². The first kappa shape index (κ1) is 26.7. The van der Waals surface area contributed by atoms with Gasteiger partial charge in [-0.15, -0.1) is 0 Å². The van der Waals surface area contributed by atoms with E-state index in [1.807, 2.05) is 24.3 Å². The molecule has 0 aromatic carbocycles. The van der Waals surface area contributed by atoms with Crippen molar-refractivity contribution in [1.82, 2.24) is 0 Å². The molecule has 0 aliphatic carbocycles. The van der Waals surface area contributed by atoms with E-state index in [-0.39, 0.29) is 35.8 Å². The van der Waals surface area contributed by atoms with Gasteiger partial charge >= 0.3 is 5.97 Å². The fourth-order valence-electron chi connectivity index (χ4n) is 4.71. The number of cyclic esters (lactones) is 1. The predicted octanol–water partition coefficient (Wildman–Crippen LogP) is 5.76. The third-order valence-corrected chi connectivity index (χ3v) is 6.67.